The number of rotatable bonds is 4. The Kier molecular flexibility index (Phi) is 3.71. The molecule has 4 N–H and O–H groups in total. The lowest BCUT2D eigenvalue weighted by atomic mass is 10.3. The highest BCUT2D eigenvalue weighted by Crippen LogP contribution is 2.22. The Hall–Kier alpha value is -1.34. The summed E-state index contributed by atoms with van der Waals surface area (Å²) < 4.78 is 40.5. The second kappa shape index (κ2) is 4.67. The first-order valence-electron chi connectivity index (χ1n) is 4.66. The summed E-state index contributed by atoms with van der Waals surface area (Å²) in [5.41, 5.74) is 5.26. The first-order valence-corrected chi connectivity index (χ1v) is 6.14. The van der Waals surface area contributed by atoms with Crippen molar-refractivity contribution in [3.05, 3.63) is 24.0 Å². The van der Waals surface area contributed by atoms with Crippen LogP contribution in [0, 0.1) is 5.82 Å². The summed E-state index contributed by atoms with van der Waals surface area (Å²) in [6, 6.07) is 3.66. The molecule has 90 valence electrons. The molecule has 16 heavy (non-hydrogen) atoms. The van der Waals surface area contributed by atoms with E-state index in [2.05, 4.69) is 4.72 Å². The van der Waals surface area contributed by atoms with Crippen LogP contribution in [0.15, 0.2) is 18.2 Å². The Morgan fingerprint density at radius 3 is 2.50 bits per heavy atom. The monoisotopic (exact) mass is 247 g/mol. The topological polar surface area (TPSA) is 84.2 Å². The molecule has 7 heteroatoms. The number of nitrogens with one attached hydrogen (secondary N) is 2. The second-order valence-electron chi connectivity index (χ2n) is 3.58. The standard InChI is InChI=1S/C9H14FN3O2S/c1-6(2)12-16(14,15)13-9-7(10)4-3-5-8(9)11/h3-6,12-13H,11H2,1-2H3. The zero-order chi connectivity index (χ0) is 12.3. The number of para-hydroxylation sites is 1. The van der Waals surface area contributed by atoms with E-state index in [1.807, 2.05) is 4.72 Å². The number of nitrogen functional groups attached to an aromatic ring is 1. The molecule has 0 bridgehead atoms. The van der Waals surface area contributed by atoms with Crippen LogP contribution in [0.2, 0.25) is 0 Å². The molecule has 0 atom stereocenters. The van der Waals surface area contributed by atoms with Crippen molar-refractivity contribution in [2.75, 3.05) is 10.5 Å². The first kappa shape index (κ1) is 12.7. The Morgan fingerprint density at radius 2 is 2.00 bits per heavy atom. The van der Waals surface area contributed by atoms with Crippen molar-refractivity contribution >= 4 is 21.6 Å². The van der Waals surface area contributed by atoms with Crippen molar-refractivity contribution in [3.8, 4) is 0 Å². The van der Waals surface area contributed by atoms with Gasteiger partial charge in [-0.05, 0) is 26.0 Å². The van der Waals surface area contributed by atoms with Gasteiger partial charge in [-0.2, -0.15) is 13.1 Å². The fourth-order valence-corrected chi connectivity index (χ4v) is 2.29. The Labute approximate surface area is 94.0 Å². The number of benzene rings is 1. The highest BCUT2D eigenvalue weighted by Gasteiger charge is 2.15. The maximum Gasteiger partial charge on any atom is 0.299 e. The van der Waals surface area contributed by atoms with Crippen LogP contribution in [0.25, 0.3) is 0 Å². The van der Waals surface area contributed by atoms with E-state index in [0.717, 1.165) is 6.07 Å². The van der Waals surface area contributed by atoms with E-state index in [0.29, 0.717) is 0 Å². The van der Waals surface area contributed by atoms with Crippen molar-refractivity contribution in [2.24, 2.45) is 0 Å². The van der Waals surface area contributed by atoms with Crippen molar-refractivity contribution in [2.45, 2.75) is 19.9 Å². The van der Waals surface area contributed by atoms with Crippen LogP contribution in [-0.4, -0.2) is 14.5 Å². The summed E-state index contributed by atoms with van der Waals surface area (Å²) >= 11 is 0. The first-order chi connectivity index (χ1) is 7.32. The zero-order valence-corrected chi connectivity index (χ0v) is 9.81. The highest BCUT2D eigenvalue weighted by molar-refractivity contribution is 7.90. The van der Waals surface area contributed by atoms with Gasteiger partial charge in [0, 0.05) is 6.04 Å². The minimum absolute atomic E-state index is 0.0362. The third kappa shape index (κ3) is 3.35. The van der Waals surface area contributed by atoms with Crippen molar-refractivity contribution < 1.29 is 12.8 Å². The van der Waals surface area contributed by atoms with Gasteiger partial charge in [-0.25, -0.2) is 4.39 Å². The van der Waals surface area contributed by atoms with Crippen molar-refractivity contribution in [1.82, 2.24) is 4.72 Å². The minimum Gasteiger partial charge on any atom is -0.397 e. The zero-order valence-electron chi connectivity index (χ0n) is 8.99. The molecule has 0 fully saturated rings. The molecule has 0 aromatic heterocycles. The third-order valence-electron chi connectivity index (χ3n) is 1.67. The summed E-state index contributed by atoms with van der Waals surface area (Å²) in [5, 5.41) is 0. The largest absolute Gasteiger partial charge is 0.397 e. The second-order valence-corrected chi connectivity index (χ2v) is 5.03. The number of halogens is 1. The average Bonchev–Trinajstić information content (AvgIpc) is 2.09. The van der Waals surface area contributed by atoms with Crippen LogP contribution >= 0.6 is 0 Å². The molecule has 0 spiro atoms. The Morgan fingerprint density at radius 1 is 1.38 bits per heavy atom. The fraction of sp³-hybridized carbons (Fsp3) is 0.333. The van der Waals surface area contributed by atoms with Crippen LogP contribution in [0.3, 0.4) is 0 Å². The number of hydrogen-bond acceptors (Lipinski definition) is 3. The number of hydrogen-bond donors (Lipinski definition) is 3. The van der Waals surface area contributed by atoms with Gasteiger partial charge >= 0.3 is 0 Å². The molecular weight excluding hydrogens is 233 g/mol. The van der Waals surface area contributed by atoms with Gasteiger partial charge in [0.15, 0.2) is 0 Å². The van der Waals surface area contributed by atoms with Gasteiger partial charge in [0.2, 0.25) is 0 Å². The molecule has 1 aromatic rings. The van der Waals surface area contributed by atoms with Gasteiger partial charge in [0.1, 0.15) is 11.5 Å². The molecule has 0 aliphatic rings. The summed E-state index contributed by atoms with van der Waals surface area (Å²) in [4.78, 5) is 0. The quantitative estimate of drug-likeness (QED) is 0.696. The molecule has 0 saturated heterocycles. The molecule has 0 radical (unpaired) electrons. The summed E-state index contributed by atoms with van der Waals surface area (Å²) in [6.07, 6.45) is 0. The fourth-order valence-electron chi connectivity index (χ4n) is 1.12. The lowest BCUT2D eigenvalue weighted by Crippen LogP contribution is -2.35. The predicted molar refractivity (Wildman–Crippen MR) is 61.6 cm³/mol. The van der Waals surface area contributed by atoms with Crippen molar-refractivity contribution in [1.29, 1.82) is 0 Å². The maximum absolute atomic E-state index is 13.3. The van der Waals surface area contributed by atoms with Crippen LogP contribution < -0.4 is 15.2 Å². The molecule has 0 aliphatic carbocycles. The predicted octanol–water partition coefficient (Wildman–Crippen LogP) is 1.06. The minimum atomic E-state index is -3.80. The van der Waals surface area contributed by atoms with E-state index in [4.69, 9.17) is 5.73 Å². The maximum atomic E-state index is 13.3. The lowest BCUT2D eigenvalue weighted by molar-refractivity contribution is 0.574. The molecule has 5 nitrogen and oxygen atoms in total. The van der Waals surface area contributed by atoms with E-state index in [1.54, 1.807) is 13.8 Å². The van der Waals surface area contributed by atoms with Gasteiger partial charge in [-0.15, -0.1) is 0 Å². The van der Waals surface area contributed by atoms with Crippen LogP contribution in [0.4, 0.5) is 15.8 Å². The number of nitrogens with two attached hydrogens (primary N) is 1. The van der Waals surface area contributed by atoms with Gasteiger partial charge < -0.3 is 5.73 Å². The molecule has 1 aromatic carbocycles. The number of anilines is 2. The van der Waals surface area contributed by atoms with Crippen LogP contribution in [-0.2, 0) is 10.2 Å². The molecule has 0 aliphatic heterocycles. The summed E-state index contributed by atoms with van der Waals surface area (Å²) in [6.45, 7) is 3.31. The van der Waals surface area contributed by atoms with E-state index in [9.17, 15) is 12.8 Å². The van der Waals surface area contributed by atoms with Gasteiger partial charge in [0.05, 0.1) is 5.69 Å². The van der Waals surface area contributed by atoms with Crippen LogP contribution in [0.5, 0.6) is 0 Å². The summed E-state index contributed by atoms with van der Waals surface area (Å²) in [7, 11) is -3.80. The third-order valence-corrected chi connectivity index (χ3v) is 2.93. The van der Waals surface area contributed by atoms with E-state index in [-0.39, 0.29) is 17.4 Å². The summed E-state index contributed by atoms with van der Waals surface area (Å²) in [5.74, 6) is -0.714. The van der Waals surface area contributed by atoms with Crippen LogP contribution in [0.1, 0.15) is 13.8 Å². The SMILES string of the molecule is CC(C)NS(=O)(=O)Nc1c(N)cccc1F. The lowest BCUT2D eigenvalue weighted by Gasteiger charge is -2.13. The molecule has 0 heterocycles. The van der Waals surface area contributed by atoms with E-state index in [1.165, 1.54) is 12.1 Å². The average molecular weight is 247 g/mol. The van der Waals surface area contributed by atoms with Gasteiger partial charge in [0.25, 0.3) is 10.2 Å². The van der Waals surface area contributed by atoms with E-state index < -0.39 is 16.0 Å². The normalized spacial score (nSPS) is 11.8. The molecule has 0 saturated carbocycles. The molecular formula is C9H14FN3O2S. The Balaban J connectivity index is 2.97. The molecule has 0 unspecified atom stereocenters. The van der Waals surface area contributed by atoms with Gasteiger partial charge in [-0.3, -0.25) is 4.72 Å². The Bertz CT molecular complexity index is 453. The highest BCUT2D eigenvalue weighted by atomic mass is 32.2. The molecule has 1 rings (SSSR count). The smallest absolute Gasteiger partial charge is 0.299 e. The molecule has 0 amide bonds. The van der Waals surface area contributed by atoms with Gasteiger partial charge in [-0.1, -0.05) is 6.07 Å². The van der Waals surface area contributed by atoms with E-state index >= 15 is 0 Å². The van der Waals surface area contributed by atoms with Crippen molar-refractivity contribution in [3.63, 3.8) is 0 Å².